The monoisotopic (exact) mass is 474 g/mol. The van der Waals surface area contributed by atoms with E-state index in [0.717, 1.165) is 6.26 Å². The van der Waals surface area contributed by atoms with E-state index in [1.807, 2.05) is 24.4 Å². The van der Waals surface area contributed by atoms with Crippen molar-refractivity contribution in [3.05, 3.63) is 40.6 Å². The Labute approximate surface area is 181 Å². The quantitative estimate of drug-likeness (QED) is 0.572. The first-order chi connectivity index (χ1) is 14.2. The molecule has 0 aliphatic carbocycles. The number of benzene rings is 1. The first-order valence-electron chi connectivity index (χ1n) is 9.47. The average Bonchev–Trinajstić information content (AvgIpc) is 3.25. The van der Waals surface area contributed by atoms with Gasteiger partial charge in [-0.2, -0.15) is 0 Å². The Hall–Kier alpha value is -1.50. The number of hydrogen-bond donors (Lipinski definition) is 2. The van der Waals surface area contributed by atoms with Crippen LogP contribution < -0.4 is 10.0 Å². The van der Waals surface area contributed by atoms with Gasteiger partial charge in [0, 0.05) is 30.1 Å². The summed E-state index contributed by atoms with van der Waals surface area (Å²) < 4.78 is 63.3. The van der Waals surface area contributed by atoms with Crippen LogP contribution in [0, 0.1) is 0 Å². The maximum atomic E-state index is 13.0. The highest BCUT2D eigenvalue weighted by Crippen LogP contribution is 2.27. The lowest BCUT2D eigenvalue weighted by atomic mass is 10.1. The molecule has 1 aromatic carbocycles. The molecule has 0 amide bonds. The molecule has 30 heavy (non-hydrogen) atoms. The molecule has 3 rings (SSSR count). The molecular weight excluding hydrogens is 448 g/mol. The van der Waals surface area contributed by atoms with E-state index in [4.69, 9.17) is 9.47 Å². The van der Waals surface area contributed by atoms with Crippen molar-refractivity contribution in [3.63, 3.8) is 0 Å². The Kier molecular flexibility index (Phi) is 7.53. The highest BCUT2D eigenvalue weighted by Gasteiger charge is 2.24. The van der Waals surface area contributed by atoms with Gasteiger partial charge >= 0.3 is 0 Å². The maximum Gasteiger partial charge on any atom is 0.242 e. The molecule has 0 radical (unpaired) electrons. The van der Waals surface area contributed by atoms with Crippen molar-refractivity contribution in [2.45, 2.75) is 28.7 Å². The Morgan fingerprint density at radius 3 is 2.63 bits per heavy atom. The topological polar surface area (TPSA) is 111 Å². The second-order valence-electron chi connectivity index (χ2n) is 7.15. The predicted molar refractivity (Wildman–Crippen MR) is 117 cm³/mol. The van der Waals surface area contributed by atoms with E-state index in [-0.39, 0.29) is 28.4 Å². The minimum absolute atomic E-state index is 0.0382. The van der Waals surface area contributed by atoms with E-state index < -0.39 is 19.9 Å². The van der Waals surface area contributed by atoms with Crippen molar-refractivity contribution in [2.24, 2.45) is 0 Å². The van der Waals surface area contributed by atoms with Crippen molar-refractivity contribution < 1.29 is 26.3 Å². The summed E-state index contributed by atoms with van der Waals surface area (Å²) in [5.74, 6) is 0.163. The third-order valence-corrected chi connectivity index (χ3v) is 8.36. The van der Waals surface area contributed by atoms with E-state index in [9.17, 15) is 16.8 Å². The molecule has 2 unspecified atom stereocenters. The van der Waals surface area contributed by atoms with Gasteiger partial charge in [-0.25, -0.2) is 21.6 Å². The second kappa shape index (κ2) is 9.75. The standard InChI is InChI=1S/C19H26N2O6S3/c1-14(18-4-3-9-28-18)11-20-17-6-5-16(29(2,22)23)10-19(17)30(24,25)21-12-15-13-26-7-8-27-15/h3-6,9-10,14-15,20-21H,7-8,11-13H2,1-2H3. The van der Waals surface area contributed by atoms with Gasteiger partial charge in [0.2, 0.25) is 10.0 Å². The number of sulfonamides is 1. The van der Waals surface area contributed by atoms with Crippen LogP contribution in [-0.2, 0) is 29.3 Å². The molecule has 11 heteroatoms. The summed E-state index contributed by atoms with van der Waals surface area (Å²) in [6, 6.07) is 8.08. The van der Waals surface area contributed by atoms with Crippen LogP contribution in [-0.4, -0.2) is 62.1 Å². The third kappa shape index (κ3) is 6.02. The molecule has 1 saturated heterocycles. The molecule has 0 saturated carbocycles. The Balaban J connectivity index is 1.82. The second-order valence-corrected chi connectivity index (χ2v) is 11.9. The van der Waals surface area contributed by atoms with E-state index in [1.165, 1.54) is 23.1 Å². The maximum absolute atomic E-state index is 13.0. The number of rotatable bonds is 9. The molecule has 2 atom stereocenters. The van der Waals surface area contributed by atoms with E-state index in [0.29, 0.717) is 32.1 Å². The van der Waals surface area contributed by atoms with Gasteiger partial charge in [-0.15, -0.1) is 11.3 Å². The molecule has 1 fully saturated rings. The van der Waals surface area contributed by atoms with Crippen LogP contribution in [0.3, 0.4) is 0 Å². The van der Waals surface area contributed by atoms with Crippen molar-refractivity contribution >= 4 is 36.9 Å². The van der Waals surface area contributed by atoms with Crippen LogP contribution in [0.1, 0.15) is 17.7 Å². The van der Waals surface area contributed by atoms with Crippen LogP contribution in [0.15, 0.2) is 45.5 Å². The van der Waals surface area contributed by atoms with Gasteiger partial charge in [-0.1, -0.05) is 13.0 Å². The minimum Gasteiger partial charge on any atom is -0.383 e. The number of nitrogens with one attached hydrogen (secondary N) is 2. The molecule has 0 bridgehead atoms. The van der Waals surface area contributed by atoms with Gasteiger partial charge in [0.05, 0.1) is 36.5 Å². The molecule has 166 valence electrons. The molecule has 1 aliphatic heterocycles. The summed E-state index contributed by atoms with van der Waals surface area (Å²) in [7, 11) is -7.55. The summed E-state index contributed by atoms with van der Waals surface area (Å²) in [6.07, 6.45) is 0.660. The number of sulfone groups is 1. The van der Waals surface area contributed by atoms with Gasteiger partial charge in [-0.05, 0) is 29.6 Å². The Morgan fingerprint density at radius 1 is 1.20 bits per heavy atom. The SMILES string of the molecule is CC(CNc1ccc(S(C)(=O)=O)cc1S(=O)(=O)NCC1COCCO1)c1cccs1. The van der Waals surface area contributed by atoms with Crippen LogP contribution in [0.5, 0.6) is 0 Å². The number of ether oxygens (including phenoxy) is 2. The van der Waals surface area contributed by atoms with Crippen molar-refractivity contribution in [1.82, 2.24) is 4.72 Å². The molecule has 0 spiro atoms. The van der Waals surface area contributed by atoms with Gasteiger partial charge in [-0.3, -0.25) is 0 Å². The van der Waals surface area contributed by atoms with Gasteiger partial charge in [0.1, 0.15) is 4.90 Å². The molecule has 1 aliphatic rings. The lowest BCUT2D eigenvalue weighted by molar-refractivity contribution is -0.0846. The largest absolute Gasteiger partial charge is 0.383 e. The Morgan fingerprint density at radius 2 is 2.00 bits per heavy atom. The van der Waals surface area contributed by atoms with Crippen LogP contribution in [0.4, 0.5) is 5.69 Å². The van der Waals surface area contributed by atoms with Gasteiger partial charge in [0.15, 0.2) is 9.84 Å². The lowest BCUT2D eigenvalue weighted by Gasteiger charge is -2.23. The van der Waals surface area contributed by atoms with Crippen LogP contribution in [0.25, 0.3) is 0 Å². The summed E-state index contributed by atoms with van der Waals surface area (Å²) >= 11 is 1.63. The molecule has 2 heterocycles. The predicted octanol–water partition coefficient (Wildman–Crippen LogP) is 2.06. The zero-order valence-corrected chi connectivity index (χ0v) is 19.3. The minimum atomic E-state index is -3.98. The summed E-state index contributed by atoms with van der Waals surface area (Å²) in [6.45, 7) is 3.77. The van der Waals surface area contributed by atoms with Crippen molar-refractivity contribution in [2.75, 3.05) is 44.5 Å². The molecule has 2 aromatic rings. The molecular formula is C19H26N2O6S3. The van der Waals surface area contributed by atoms with E-state index in [2.05, 4.69) is 10.0 Å². The first kappa shape index (κ1) is 23.2. The molecule has 1 aromatic heterocycles. The van der Waals surface area contributed by atoms with Gasteiger partial charge < -0.3 is 14.8 Å². The normalized spacial score (nSPS) is 18.8. The fourth-order valence-electron chi connectivity index (χ4n) is 2.97. The van der Waals surface area contributed by atoms with Crippen LogP contribution in [0.2, 0.25) is 0 Å². The highest BCUT2D eigenvalue weighted by molar-refractivity contribution is 7.91. The lowest BCUT2D eigenvalue weighted by Crippen LogP contribution is -2.39. The van der Waals surface area contributed by atoms with E-state index >= 15 is 0 Å². The number of anilines is 1. The fourth-order valence-corrected chi connectivity index (χ4v) is 5.75. The summed E-state index contributed by atoms with van der Waals surface area (Å²) in [4.78, 5) is 1.00. The Bertz CT molecular complexity index is 1050. The highest BCUT2D eigenvalue weighted by atomic mass is 32.2. The van der Waals surface area contributed by atoms with Gasteiger partial charge in [0.25, 0.3) is 0 Å². The smallest absolute Gasteiger partial charge is 0.242 e. The zero-order valence-electron chi connectivity index (χ0n) is 16.8. The fraction of sp³-hybridized carbons (Fsp3) is 0.474. The first-order valence-corrected chi connectivity index (χ1v) is 13.7. The summed E-state index contributed by atoms with van der Waals surface area (Å²) in [5.41, 5.74) is 0.346. The number of thiophene rings is 1. The van der Waals surface area contributed by atoms with Crippen molar-refractivity contribution in [3.8, 4) is 0 Å². The third-order valence-electron chi connectivity index (χ3n) is 4.68. The number of hydrogen-bond acceptors (Lipinski definition) is 8. The average molecular weight is 475 g/mol. The summed E-state index contributed by atoms with van der Waals surface area (Å²) in [5, 5.41) is 5.15. The van der Waals surface area contributed by atoms with E-state index in [1.54, 1.807) is 11.3 Å². The molecule has 2 N–H and O–H groups in total. The van der Waals surface area contributed by atoms with Crippen LogP contribution >= 0.6 is 11.3 Å². The molecule has 8 nitrogen and oxygen atoms in total. The zero-order chi connectivity index (χ0) is 21.8. The van der Waals surface area contributed by atoms with Crippen molar-refractivity contribution in [1.29, 1.82) is 0 Å².